The second-order valence-electron chi connectivity index (χ2n) is 6.30. The molecule has 0 radical (unpaired) electrons. The van der Waals surface area contributed by atoms with Crippen LogP contribution in [-0.2, 0) is 31.6 Å². The number of phosphoric acid groups is 1. The number of rotatable bonds is 10. The molecule has 3 aromatic rings. The van der Waals surface area contributed by atoms with Gasteiger partial charge >= 0.3 is 13.8 Å². The summed E-state index contributed by atoms with van der Waals surface area (Å²) in [5.74, 6) is -0.307. The van der Waals surface area contributed by atoms with Gasteiger partial charge in [-0.05, 0) is 36.2 Å². The van der Waals surface area contributed by atoms with E-state index in [1.165, 1.54) is 6.07 Å². The maximum absolute atomic E-state index is 13.4. The minimum absolute atomic E-state index is 0.0461. The number of phosphoric ester groups is 1. The van der Waals surface area contributed by atoms with Gasteiger partial charge in [0.15, 0.2) is 0 Å². The SMILES string of the molecule is CCOC(=O)c1cccc(OP(=O)(OCc2ccccc2)OCc2ccccc2)c1. The van der Waals surface area contributed by atoms with E-state index in [0.29, 0.717) is 0 Å². The average Bonchev–Trinajstić information content (AvgIpc) is 2.78. The molecule has 0 bridgehead atoms. The van der Waals surface area contributed by atoms with Gasteiger partial charge in [-0.25, -0.2) is 9.36 Å². The molecule has 0 aliphatic carbocycles. The van der Waals surface area contributed by atoms with Crippen LogP contribution in [0.25, 0.3) is 0 Å². The monoisotopic (exact) mass is 426 g/mol. The Kier molecular flexibility index (Phi) is 7.80. The van der Waals surface area contributed by atoms with E-state index in [1.807, 2.05) is 60.7 Å². The fourth-order valence-electron chi connectivity index (χ4n) is 2.57. The molecule has 0 N–H and O–H groups in total. The van der Waals surface area contributed by atoms with Crippen LogP contribution in [0.4, 0.5) is 0 Å². The molecule has 0 heterocycles. The van der Waals surface area contributed by atoms with Crippen molar-refractivity contribution in [3.05, 3.63) is 102 Å². The van der Waals surface area contributed by atoms with E-state index in [4.69, 9.17) is 18.3 Å². The lowest BCUT2D eigenvalue weighted by Gasteiger charge is -2.19. The van der Waals surface area contributed by atoms with Gasteiger partial charge in [0, 0.05) is 0 Å². The number of carbonyl (C=O) groups is 1. The molecule has 0 fully saturated rings. The molecule has 0 amide bonds. The third-order valence-electron chi connectivity index (χ3n) is 4.03. The first-order chi connectivity index (χ1) is 14.6. The van der Waals surface area contributed by atoms with Crippen molar-refractivity contribution in [2.24, 2.45) is 0 Å². The summed E-state index contributed by atoms with van der Waals surface area (Å²) < 4.78 is 35.1. The zero-order valence-corrected chi connectivity index (χ0v) is 17.5. The second kappa shape index (κ2) is 10.7. The van der Waals surface area contributed by atoms with Crippen LogP contribution in [0, 0.1) is 0 Å². The van der Waals surface area contributed by atoms with Crippen molar-refractivity contribution >= 4 is 13.8 Å². The standard InChI is InChI=1S/C23H23O6P/c1-2-26-23(24)21-14-9-15-22(16-21)29-30(25,27-17-19-10-5-3-6-11-19)28-18-20-12-7-4-8-13-20/h3-16H,2,17-18H2,1H3. The first kappa shape index (κ1) is 21.8. The van der Waals surface area contributed by atoms with E-state index in [9.17, 15) is 9.36 Å². The van der Waals surface area contributed by atoms with Crippen molar-refractivity contribution in [3.63, 3.8) is 0 Å². The van der Waals surface area contributed by atoms with Crippen molar-refractivity contribution in [2.75, 3.05) is 6.61 Å². The summed E-state index contributed by atoms with van der Waals surface area (Å²) in [6.07, 6.45) is 0. The Labute approximate surface area is 176 Å². The van der Waals surface area contributed by atoms with Gasteiger partial charge in [-0.1, -0.05) is 66.7 Å². The third-order valence-corrected chi connectivity index (χ3v) is 5.35. The molecule has 0 aromatic heterocycles. The average molecular weight is 426 g/mol. The van der Waals surface area contributed by atoms with E-state index in [1.54, 1.807) is 25.1 Å². The van der Waals surface area contributed by atoms with Gasteiger partial charge in [-0.15, -0.1) is 0 Å². The fraction of sp³-hybridized carbons (Fsp3) is 0.174. The summed E-state index contributed by atoms with van der Waals surface area (Å²) in [5, 5.41) is 0. The minimum Gasteiger partial charge on any atom is -0.462 e. The number of hydrogen-bond donors (Lipinski definition) is 0. The molecule has 0 unspecified atom stereocenters. The highest BCUT2D eigenvalue weighted by Gasteiger charge is 2.29. The van der Waals surface area contributed by atoms with Crippen molar-refractivity contribution < 1.29 is 27.7 Å². The molecular weight excluding hydrogens is 403 g/mol. The molecule has 0 saturated heterocycles. The largest absolute Gasteiger partial charge is 0.530 e. The Morgan fingerprint density at radius 2 is 1.37 bits per heavy atom. The van der Waals surface area contributed by atoms with Crippen LogP contribution in [0.3, 0.4) is 0 Å². The highest BCUT2D eigenvalue weighted by Crippen LogP contribution is 2.51. The Hall–Kier alpha value is -2.92. The number of hydrogen-bond acceptors (Lipinski definition) is 6. The Balaban J connectivity index is 1.76. The van der Waals surface area contributed by atoms with E-state index in [0.717, 1.165) is 11.1 Å². The van der Waals surface area contributed by atoms with E-state index in [-0.39, 0.29) is 31.1 Å². The fourth-order valence-corrected chi connectivity index (χ4v) is 3.74. The highest BCUT2D eigenvalue weighted by molar-refractivity contribution is 7.48. The van der Waals surface area contributed by atoms with Gasteiger partial charge in [0.2, 0.25) is 0 Å². The van der Waals surface area contributed by atoms with Crippen molar-refractivity contribution in [1.29, 1.82) is 0 Å². The van der Waals surface area contributed by atoms with Gasteiger partial charge in [0.1, 0.15) is 5.75 Å². The number of esters is 1. The van der Waals surface area contributed by atoms with Crippen LogP contribution >= 0.6 is 7.82 Å². The minimum atomic E-state index is -3.99. The Morgan fingerprint density at radius 3 is 1.90 bits per heavy atom. The first-order valence-corrected chi connectivity index (χ1v) is 11.0. The predicted octanol–water partition coefficient (Wildman–Crippen LogP) is 5.78. The number of carbonyl (C=O) groups excluding carboxylic acids is 1. The molecule has 156 valence electrons. The summed E-state index contributed by atoms with van der Waals surface area (Å²) in [5.41, 5.74) is 1.93. The van der Waals surface area contributed by atoms with Gasteiger partial charge < -0.3 is 9.26 Å². The molecule has 0 aliphatic heterocycles. The molecule has 6 nitrogen and oxygen atoms in total. The molecular formula is C23H23O6P. The third kappa shape index (κ3) is 6.56. The van der Waals surface area contributed by atoms with Crippen LogP contribution in [0.15, 0.2) is 84.9 Å². The Morgan fingerprint density at radius 1 is 0.800 bits per heavy atom. The number of ether oxygens (including phenoxy) is 1. The molecule has 0 spiro atoms. The zero-order chi connectivity index (χ0) is 21.2. The molecule has 0 atom stereocenters. The topological polar surface area (TPSA) is 71.1 Å². The normalized spacial score (nSPS) is 11.1. The molecule has 3 aromatic carbocycles. The maximum atomic E-state index is 13.4. The van der Waals surface area contributed by atoms with Crippen LogP contribution < -0.4 is 4.52 Å². The number of benzene rings is 3. The molecule has 0 aliphatic rings. The first-order valence-electron chi connectivity index (χ1n) is 9.52. The molecule has 0 saturated carbocycles. The summed E-state index contributed by atoms with van der Waals surface area (Å²) in [7, 11) is -3.99. The van der Waals surface area contributed by atoms with Crippen molar-refractivity contribution in [1.82, 2.24) is 0 Å². The van der Waals surface area contributed by atoms with E-state index >= 15 is 0 Å². The van der Waals surface area contributed by atoms with Gasteiger partial charge in [0.25, 0.3) is 0 Å². The molecule has 3 rings (SSSR count). The summed E-state index contributed by atoms with van der Waals surface area (Å²) in [4.78, 5) is 12.0. The van der Waals surface area contributed by atoms with Crippen LogP contribution in [0.2, 0.25) is 0 Å². The van der Waals surface area contributed by atoms with E-state index in [2.05, 4.69) is 0 Å². The quantitative estimate of drug-likeness (QED) is 0.302. The van der Waals surface area contributed by atoms with Crippen LogP contribution in [-0.4, -0.2) is 12.6 Å². The zero-order valence-electron chi connectivity index (χ0n) is 16.6. The van der Waals surface area contributed by atoms with Gasteiger partial charge in [0.05, 0.1) is 25.4 Å². The molecule has 30 heavy (non-hydrogen) atoms. The lowest BCUT2D eigenvalue weighted by molar-refractivity contribution is 0.0525. The van der Waals surface area contributed by atoms with Gasteiger partial charge in [-0.3, -0.25) is 9.05 Å². The van der Waals surface area contributed by atoms with Crippen molar-refractivity contribution in [3.8, 4) is 5.75 Å². The summed E-state index contributed by atoms with van der Waals surface area (Å²) in [6.45, 7) is 2.07. The van der Waals surface area contributed by atoms with Crippen LogP contribution in [0.1, 0.15) is 28.4 Å². The maximum Gasteiger partial charge on any atom is 0.530 e. The highest BCUT2D eigenvalue weighted by atomic mass is 31.2. The Bertz CT molecular complexity index is 943. The van der Waals surface area contributed by atoms with Gasteiger partial charge in [-0.2, -0.15) is 0 Å². The lowest BCUT2D eigenvalue weighted by Crippen LogP contribution is -2.06. The summed E-state index contributed by atoms with van der Waals surface area (Å²) >= 11 is 0. The summed E-state index contributed by atoms with van der Waals surface area (Å²) in [6, 6.07) is 24.8. The van der Waals surface area contributed by atoms with E-state index < -0.39 is 13.8 Å². The van der Waals surface area contributed by atoms with Crippen molar-refractivity contribution in [2.45, 2.75) is 20.1 Å². The molecule has 7 heteroatoms. The smallest absolute Gasteiger partial charge is 0.462 e. The second-order valence-corrected chi connectivity index (χ2v) is 7.90. The lowest BCUT2D eigenvalue weighted by atomic mass is 10.2. The van der Waals surface area contributed by atoms with Crippen LogP contribution in [0.5, 0.6) is 5.75 Å². The predicted molar refractivity (Wildman–Crippen MR) is 113 cm³/mol.